The molecule has 5 nitrogen and oxygen atoms in total. The summed E-state index contributed by atoms with van der Waals surface area (Å²) in [6.45, 7) is 3.18. The zero-order valence-electron chi connectivity index (χ0n) is 14.9. The first-order valence-corrected chi connectivity index (χ1v) is 10.4. The first kappa shape index (κ1) is 18.6. The van der Waals surface area contributed by atoms with Gasteiger partial charge in [-0.25, -0.2) is 13.6 Å². The molecule has 138 valence electrons. The van der Waals surface area contributed by atoms with Gasteiger partial charge >= 0.3 is 0 Å². The predicted molar refractivity (Wildman–Crippen MR) is 101 cm³/mol. The highest BCUT2D eigenvalue weighted by molar-refractivity contribution is 7.89. The van der Waals surface area contributed by atoms with Gasteiger partial charge in [0, 0.05) is 19.5 Å². The van der Waals surface area contributed by atoms with E-state index in [1.807, 2.05) is 4.90 Å². The molecule has 1 amide bonds. The first-order chi connectivity index (χ1) is 12.3. The number of rotatable bonds is 5. The summed E-state index contributed by atoms with van der Waals surface area (Å²) in [5.74, 6) is 0.115. The van der Waals surface area contributed by atoms with Crippen molar-refractivity contribution < 1.29 is 13.2 Å². The molecule has 2 aromatic rings. The number of fused-ring (bicyclic) bond motifs is 1. The van der Waals surface area contributed by atoms with Gasteiger partial charge in [0.25, 0.3) is 0 Å². The number of amides is 1. The Bertz CT molecular complexity index is 905. The Morgan fingerprint density at radius 1 is 1.12 bits per heavy atom. The average Bonchev–Trinajstić information content (AvgIpc) is 2.61. The maximum Gasteiger partial charge on any atom is 0.238 e. The summed E-state index contributed by atoms with van der Waals surface area (Å²) in [6.07, 6.45) is 2.93. The first-order valence-electron chi connectivity index (χ1n) is 8.81. The molecule has 0 aromatic heterocycles. The Morgan fingerprint density at radius 2 is 1.85 bits per heavy atom. The second-order valence-corrected chi connectivity index (χ2v) is 8.44. The van der Waals surface area contributed by atoms with Crippen molar-refractivity contribution in [2.24, 2.45) is 5.14 Å². The average molecular weight is 372 g/mol. The zero-order chi connectivity index (χ0) is 18.7. The van der Waals surface area contributed by atoms with Crippen molar-refractivity contribution in [2.45, 2.75) is 44.0 Å². The van der Waals surface area contributed by atoms with Gasteiger partial charge in [0.2, 0.25) is 15.9 Å². The van der Waals surface area contributed by atoms with Crippen LogP contribution in [0.2, 0.25) is 0 Å². The fourth-order valence-corrected chi connectivity index (χ4v) is 3.84. The minimum absolute atomic E-state index is 0.102. The third kappa shape index (κ3) is 4.51. The van der Waals surface area contributed by atoms with Crippen molar-refractivity contribution in [3.05, 3.63) is 64.7 Å². The fraction of sp³-hybridized carbons (Fsp3) is 0.350. The van der Waals surface area contributed by atoms with Gasteiger partial charge in [-0.05, 0) is 55.0 Å². The van der Waals surface area contributed by atoms with Crippen LogP contribution in [-0.4, -0.2) is 25.8 Å². The summed E-state index contributed by atoms with van der Waals surface area (Å²) in [7, 11) is -3.73. The van der Waals surface area contributed by atoms with Gasteiger partial charge in [-0.2, -0.15) is 0 Å². The van der Waals surface area contributed by atoms with Gasteiger partial charge in [-0.3, -0.25) is 4.79 Å². The maximum atomic E-state index is 12.5. The molecule has 2 N–H and O–H groups in total. The van der Waals surface area contributed by atoms with Gasteiger partial charge in [0.05, 0.1) is 4.90 Å². The standard InChI is InChI=1S/C20H24N2O3S/c1-15-5-7-16(8-6-15)3-2-4-20(23)22-12-11-17-9-10-19(26(21,24)25)13-18(17)14-22/h5-10,13H,2-4,11-12,14H2,1H3,(H2,21,24,25). The van der Waals surface area contributed by atoms with E-state index in [1.165, 1.54) is 17.2 Å². The summed E-state index contributed by atoms with van der Waals surface area (Å²) in [5, 5.41) is 5.21. The molecule has 0 aliphatic carbocycles. The normalized spacial score (nSPS) is 14.2. The van der Waals surface area contributed by atoms with Crippen LogP contribution in [0.3, 0.4) is 0 Å². The number of aryl methyl sites for hydroxylation is 2. The highest BCUT2D eigenvalue weighted by atomic mass is 32.2. The summed E-state index contributed by atoms with van der Waals surface area (Å²) in [4.78, 5) is 14.4. The second-order valence-electron chi connectivity index (χ2n) is 6.88. The molecule has 0 fully saturated rings. The molecule has 1 aliphatic rings. The van der Waals surface area contributed by atoms with Crippen LogP contribution in [-0.2, 0) is 34.2 Å². The molecule has 0 bridgehead atoms. The summed E-state index contributed by atoms with van der Waals surface area (Å²) < 4.78 is 23.1. The molecule has 0 atom stereocenters. The van der Waals surface area contributed by atoms with Crippen LogP contribution in [0, 0.1) is 6.92 Å². The molecule has 26 heavy (non-hydrogen) atoms. The molecular formula is C20H24N2O3S. The molecule has 1 aliphatic heterocycles. The van der Waals surface area contributed by atoms with Crippen LogP contribution in [0.5, 0.6) is 0 Å². The quantitative estimate of drug-likeness (QED) is 0.876. The molecular weight excluding hydrogens is 348 g/mol. The van der Waals surface area contributed by atoms with Gasteiger partial charge in [-0.15, -0.1) is 0 Å². The van der Waals surface area contributed by atoms with Crippen molar-refractivity contribution in [3.63, 3.8) is 0 Å². The van der Waals surface area contributed by atoms with Gasteiger partial charge in [0.1, 0.15) is 0 Å². The van der Waals surface area contributed by atoms with Gasteiger partial charge < -0.3 is 4.90 Å². The third-order valence-corrected chi connectivity index (χ3v) is 5.76. The summed E-state index contributed by atoms with van der Waals surface area (Å²) >= 11 is 0. The molecule has 0 saturated carbocycles. The molecule has 6 heteroatoms. The number of sulfonamides is 1. The van der Waals surface area contributed by atoms with Crippen LogP contribution in [0.1, 0.15) is 35.1 Å². The lowest BCUT2D eigenvalue weighted by molar-refractivity contribution is -0.132. The van der Waals surface area contributed by atoms with E-state index in [9.17, 15) is 13.2 Å². The fourth-order valence-electron chi connectivity index (χ4n) is 3.28. The van der Waals surface area contributed by atoms with E-state index in [-0.39, 0.29) is 10.8 Å². The Labute approximate surface area is 154 Å². The van der Waals surface area contributed by atoms with Crippen molar-refractivity contribution in [3.8, 4) is 0 Å². The molecule has 0 saturated heterocycles. The van der Waals surface area contributed by atoms with Crippen LogP contribution in [0.25, 0.3) is 0 Å². The Kier molecular flexibility index (Phi) is 5.44. The lowest BCUT2D eigenvalue weighted by atomic mass is 9.99. The number of nitrogens with zero attached hydrogens (tertiary/aromatic N) is 1. The lowest BCUT2D eigenvalue weighted by Crippen LogP contribution is -2.36. The van der Waals surface area contributed by atoms with Crippen molar-refractivity contribution in [1.82, 2.24) is 4.90 Å². The summed E-state index contributed by atoms with van der Waals surface area (Å²) in [6, 6.07) is 13.3. The number of benzene rings is 2. The highest BCUT2D eigenvalue weighted by Gasteiger charge is 2.22. The van der Waals surface area contributed by atoms with Crippen molar-refractivity contribution >= 4 is 15.9 Å². The van der Waals surface area contributed by atoms with Crippen molar-refractivity contribution in [1.29, 1.82) is 0 Å². The van der Waals surface area contributed by atoms with Crippen LogP contribution < -0.4 is 5.14 Å². The number of carbonyl (C=O) groups excluding carboxylic acids is 1. The maximum absolute atomic E-state index is 12.5. The van der Waals surface area contributed by atoms with E-state index in [2.05, 4.69) is 31.2 Å². The van der Waals surface area contributed by atoms with E-state index < -0.39 is 10.0 Å². The second kappa shape index (κ2) is 7.60. The van der Waals surface area contributed by atoms with E-state index in [4.69, 9.17) is 5.14 Å². The van der Waals surface area contributed by atoms with Gasteiger partial charge in [-0.1, -0.05) is 35.9 Å². The van der Waals surface area contributed by atoms with Crippen LogP contribution in [0.4, 0.5) is 0 Å². The van der Waals surface area contributed by atoms with Crippen LogP contribution in [0.15, 0.2) is 47.4 Å². The number of nitrogens with two attached hydrogens (primary N) is 1. The third-order valence-electron chi connectivity index (χ3n) is 4.85. The molecule has 0 unspecified atom stereocenters. The Hall–Kier alpha value is -2.18. The van der Waals surface area contributed by atoms with E-state index in [0.29, 0.717) is 19.5 Å². The highest BCUT2D eigenvalue weighted by Crippen LogP contribution is 2.23. The topological polar surface area (TPSA) is 80.5 Å². The molecule has 0 spiro atoms. The van der Waals surface area contributed by atoms with Crippen molar-refractivity contribution in [2.75, 3.05) is 6.54 Å². The number of hydrogen-bond donors (Lipinski definition) is 1. The monoisotopic (exact) mass is 372 g/mol. The largest absolute Gasteiger partial charge is 0.338 e. The SMILES string of the molecule is Cc1ccc(CCCC(=O)N2CCc3ccc(S(N)(=O)=O)cc3C2)cc1. The Balaban J connectivity index is 1.59. The van der Waals surface area contributed by atoms with Gasteiger partial charge in [0.15, 0.2) is 0 Å². The summed E-state index contributed by atoms with van der Waals surface area (Å²) in [5.41, 5.74) is 4.43. The smallest absolute Gasteiger partial charge is 0.238 e. The Morgan fingerprint density at radius 3 is 2.54 bits per heavy atom. The minimum atomic E-state index is -3.73. The number of carbonyl (C=O) groups is 1. The molecule has 0 radical (unpaired) electrons. The van der Waals surface area contributed by atoms with Crippen LogP contribution >= 0.6 is 0 Å². The van der Waals surface area contributed by atoms with E-state index in [1.54, 1.807) is 12.1 Å². The molecule has 1 heterocycles. The van der Waals surface area contributed by atoms with E-state index >= 15 is 0 Å². The number of hydrogen-bond acceptors (Lipinski definition) is 3. The predicted octanol–water partition coefficient (Wildman–Crippen LogP) is 2.55. The lowest BCUT2D eigenvalue weighted by Gasteiger charge is -2.29. The molecule has 2 aromatic carbocycles. The minimum Gasteiger partial charge on any atom is -0.338 e. The van der Waals surface area contributed by atoms with E-state index in [0.717, 1.165) is 30.4 Å². The zero-order valence-corrected chi connectivity index (χ0v) is 15.8. The molecule has 3 rings (SSSR count). The number of primary sulfonamides is 1.